The van der Waals surface area contributed by atoms with Gasteiger partial charge in [-0.2, -0.15) is 0 Å². The summed E-state index contributed by atoms with van der Waals surface area (Å²) < 4.78 is 5.85. The van der Waals surface area contributed by atoms with E-state index in [1.54, 1.807) is 6.92 Å². The van der Waals surface area contributed by atoms with Crippen molar-refractivity contribution in [1.29, 1.82) is 0 Å². The normalized spacial score (nSPS) is 16.7. The average molecular weight is 376 g/mol. The maximum absolute atomic E-state index is 12.7. The third-order valence-electron chi connectivity index (χ3n) is 4.81. The smallest absolute Gasteiger partial charge is 0.263 e. The van der Waals surface area contributed by atoms with Crippen molar-refractivity contribution in [3.05, 3.63) is 29.8 Å². The predicted molar refractivity (Wildman–Crippen MR) is 107 cm³/mol. The molecule has 1 saturated heterocycles. The second-order valence-corrected chi connectivity index (χ2v) is 8.09. The Labute approximate surface area is 162 Å². The van der Waals surface area contributed by atoms with E-state index >= 15 is 0 Å². The third-order valence-corrected chi connectivity index (χ3v) is 4.81. The van der Waals surface area contributed by atoms with E-state index in [-0.39, 0.29) is 17.2 Å². The van der Waals surface area contributed by atoms with Crippen LogP contribution in [0, 0.1) is 0 Å². The van der Waals surface area contributed by atoms with Gasteiger partial charge in [0.05, 0.1) is 6.54 Å². The van der Waals surface area contributed by atoms with Crippen molar-refractivity contribution in [1.82, 2.24) is 15.1 Å². The summed E-state index contributed by atoms with van der Waals surface area (Å²) in [7, 11) is 0. The molecule has 0 bridgehead atoms. The van der Waals surface area contributed by atoms with Crippen LogP contribution >= 0.6 is 0 Å². The molecule has 2 amide bonds. The van der Waals surface area contributed by atoms with Gasteiger partial charge in [-0.05, 0) is 37.0 Å². The molecule has 1 aromatic carbocycles. The molecule has 1 aliphatic rings. The summed E-state index contributed by atoms with van der Waals surface area (Å²) >= 11 is 0. The Morgan fingerprint density at radius 1 is 1.11 bits per heavy atom. The molecule has 1 aromatic rings. The molecule has 0 aliphatic carbocycles. The largest absolute Gasteiger partial charge is 0.481 e. The number of hydrogen-bond acceptors (Lipinski definition) is 4. The summed E-state index contributed by atoms with van der Waals surface area (Å²) in [6.45, 7) is 13.9. The summed E-state index contributed by atoms with van der Waals surface area (Å²) in [6, 6.07) is 7.95. The lowest BCUT2D eigenvalue weighted by Crippen LogP contribution is -2.53. The number of piperazine rings is 1. The van der Waals surface area contributed by atoms with Crippen molar-refractivity contribution in [3.8, 4) is 5.75 Å². The monoisotopic (exact) mass is 375 g/mol. The van der Waals surface area contributed by atoms with Crippen LogP contribution in [-0.4, -0.2) is 67.0 Å². The van der Waals surface area contributed by atoms with E-state index in [4.69, 9.17) is 4.74 Å². The van der Waals surface area contributed by atoms with Crippen molar-refractivity contribution in [2.45, 2.75) is 46.1 Å². The minimum atomic E-state index is -0.527. The lowest BCUT2D eigenvalue weighted by atomic mass is 9.87. The molecule has 2 rings (SSSR count). The van der Waals surface area contributed by atoms with Crippen LogP contribution in [0.4, 0.5) is 0 Å². The quantitative estimate of drug-likeness (QED) is 0.826. The lowest BCUT2D eigenvalue weighted by molar-refractivity contribution is -0.139. The number of amides is 2. The van der Waals surface area contributed by atoms with Crippen LogP contribution < -0.4 is 10.1 Å². The van der Waals surface area contributed by atoms with E-state index in [0.29, 0.717) is 45.0 Å². The zero-order valence-electron chi connectivity index (χ0n) is 17.2. The van der Waals surface area contributed by atoms with Crippen molar-refractivity contribution < 1.29 is 14.3 Å². The first-order valence-electron chi connectivity index (χ1n) is 9.75. The molecule has 0 aromatic heterocycles. The Hall–Kier alpha value is -2.08. The van der Waals surface area contributed by atoms with Gasteiger partial charge in [-0.15, -0.1) is 0 Å². The molecule has 150 valence electrons. The van der Waals surface area contributed by atoms with E-state index in [2.05, 4.69) is 31.0 Å². The molecule has 0 saturated carbocycles. The Morgan fingerprint density at radius 3 is 2.22 bits per heavy atom. The highest BCUT2D eigenvalue weighted by molar-refractivity contribution is 5.81. The van der Waals surface area contributed by atoms with Crippen LogP contribution in [0.25, 0.3) is 0 Å². The van der Waals surface area contributed by atoms with E-state index in [1.807, 2.05) is 36.1 Å². The van der Waals surface area contributed by atoms with Gasteiger partial charge in [0.15, 0.2) is 6.10 Å². The Bertz CT molecular complexity index is 629. The summed E-state index contributed by atoms with van der Waals surface area (Å²) in [6.07, 6.45) is -0.527. The molecule has 1 unspecified atom stereocenters. The summed E-state index contributed by atoms with van der Waals surface area (Å²) in [5.41, 5.74) is 1.32. The highest BCUT2D eigenvalue weighted by Crippen LogP contribution is 2.24. The van der Waals surface area contributed by atoms with Gasteiger partial charge in [0.1, 0.15) is 5.75 Å². The van der Waals surface area contributed by atoms with Gasteiger partial charge < -0.3 is 15.0 Å². The SMILES string of the molecule is CCNC(=O)CN1CCN(C(=O)C(C)Oc2ccc(C(C)(C)C)cc2)CC1. The predicted octanol–water partition coefficient (Wildman–Crippen LogP) is 2.03. The maximum atomic E-state index is 12.7. The molecule has 1 atom stereocenters. The van der Waals surface area contributed by atoms with Gasteiger partial charge in [-0.3, -0.25) is 14.5 Å². The van der Waals surface area contributed by atoms with Crippen LogP contribution in [0.5, 0.6) is 5.75 Å². The Balaban J connectivity index is 1.83. The number of carbonyl (C=O) groups is 2. The van der Waals surface area contributed by atoms with Crippen LogP contribution in [0.3, 0.4) is 0 Å². The number of hydrogen-bond donors (Lipinski definition) is 1. The molecule has 6 nitrogen and oxygen atoms in total. The first-order valence-corrected chi connectivity index (χ1v) is 9.75. The van der Waals surface area contributed by atoms with Gasteiger partial charge in [-0.25, -0.2) is 0 Å². The second-order valence-electron chi connectivity index (χ2n) is 8.09. The first-order chi connectivity index (χ1) is 12.7. The zero-order chi connectivity index (χ0) is 20.0. The van der Waals surface area contributed by atoms with Gasteiger partial charge in [0, 0.05) is 32.7 Å². The fourth-order valence-corrected chi connectivity index (χ4v) is 3.13. The minimum Gasteiger partial charge on any atom is -0.481 e. The van der Waals surface area contributed by atoms with Gasteiger partial charge in [-0.1, -0.05) is 32.9 Å². The van der Waals surface area contributed by atoms with Crippen molar-refractivity contribution in [2.24, 2.45) is 0 Å². The van der Waals surface area contributed by atoms with Gasteiger partial charge in [0.25, 0.3) is 5.91 Å². The van der Waals surface area contributed by atoms with Crippen LogP contribution in [0.15, 0.2) is 24.3 Å². The molecule has 1 aliphatic heterocycles. The molecule has 0 spiro atoms. The van der Waals surface area contributed by atoms with E-state index in [9.17, 15) is 9.59 Å². The molecule has 1 fully saturated rings. The van der Waals surface area contributed by atoms with Crippen molar-refractivity contribution in [3.63, 3.8) is 0 Å². The number of likely N-dealkylation sites (N-methyl/N-ethyl adjacent to an activating group) is 1. The highest BCUT2D eigenvalue weighted by atomic mass is 16.5. The number of rotatable bonds is 6. The fourth-order valence-electron chi connectivity index (χ4n) is 3.13. The molecule has 1 heterocycles. The summed E-state index contributed by atoms with van der Waals surface area (Å²) in [5, 5.41) is 2.80. The van der Waals surface area contributed by atoms with Crippen molar-refractivity contribution >= 4 is 11.8 Å². The topological polar surface area (TPSA) is 61.9 Å². The van der Waals surface area contributed by atoms with Gasteiger partial charge in [0.2, 0.25) is 5.91 Å². The molecule has 6 heteroatoms. The van der Waals surface area contributed by atoms with Crippen LogP contribution in [-0.2, 0) is 15.0 Å². The second kappa shape index (κ2) is 9.22. The van der Waals surface area contributed by atoms with Crippen LogP contribution in [0.1, 0.15) is 40.2 Å². The fraction of sp³-hybridized carbons (Fsp3) is 0.619. The maximum Gasteiger partial charge on any atom is 0.263 e. The van der Waals surface area contributed by atoms with E-state index < -0.39 is 6.10 Å². The average Bonchev–Trinajstić information content (AvgIpc) is 2.61. The number of nitrogens with one attached hydrogen (secondary N) is 1. The number of benzene rings is 1. The standard InChI is InChI=1S/C21H33N3O3/c1-6-22-19(25)15-23-11-13-24(14-12-23)20(26)16(2)27-18-9-7-17(8-10-18)21(3,4)5/h7-10,16H,6,11-15H2,1-5H3,(H,22,25). The molecule has 0 radical (unpaired) electrons. The van der Waals surface area contributed by atoms with E-state index in [1.165, 1.54) is 5.56 Å². The molecular formula is C21H33N3O3. The Kier molecular flexibility index (Phi) is 7.25. The number of ether oxygens (including phenoxy) is 1. The molecule has 27 heavy (non-hydrogen) atoms. The lowest BCUT2D eigenvalue weighted by Gasteiger charge is -2.35. The summed E-state index contributed by atoms with van der Waals surface area (Å²) in [5.74, 6) is 0.735. The van der Waals surface area contributed by atoms with Gasteiger partial charge >= 0.3 is 0 Å². The zero-order valence-corrected chi connectivity index (χ0v) is 17.2. The first kappa shape index (κ1) is 21.2. The summed E-state index contributed by atoms with van der Waals surface area (Å²) in [4.78, 5) is 28.2. The number of nitrogens with zero attached hydrogens (tertiary/aromatic N) is 2. The minimum absolute atomic E-state index is 0.00689. The molecule has 1 N–H and O–H groups in total. The highest BCUT2D eigenvalue weighted by Gasteiger charge is 2.26. The Morgan fingerprint density at radius 2 is 1.70 bits per heavy atom. The number of carbonyl (C=O) groups excluding carboxylic acids is 2. The molecular weight excluding hydrogens is 342 g/mol. The third kappa shape index (κ3) is 6.24. The van der Waals surface area contributed by atoms with E-state index in [0.717, 1.165) is 0 Å². The van der Waals surface area contributed by atoms with Crippen molar-refractivity contribution in [2.75, 3.05) is 39.3 Å². The van der Waals surface area contributed by atoms with Crippen LogP contribution in [0.2, 0.25) is 0 Å².